The lowest BCUT2D eigenvalue weighted by molar-refractivity contribution is 0.101. The molecule has 0 saturated heterocycles. The molecule has 1 N–H and O–H groups in total. The number of methoxy groups -OCH3 is 1. The molecular weight excluding hydrogens is 174 g/mol. The Balaban J connectivity index is 2.39. The van der Waals surface area contributed by atoms with E-state index < -0.39 is 0 Å². The third-order valence-corrected chi connectivity index (χ3v) is 3.50. The topological polar surface area (TPSA) is 21.3 Å². The van der Waals surface area contributed by atoms with E-state index in [4.69, 9.17) is 4.74 Å². The van der Waals surface area contributed by atoms with Gasteiger partial charge in [0.25, 0.3) is 0 Å². The Morgan fingerprint density at radius 3 is 2.50 bits per heavy atom. The number of rotatable bonds is 6. The first-order valence-electron chi connectivity index (χ1n) is 6.03. The smallest absolute Gasteiger partial charge is 0.0468 e. The van der Waals surface area contributed by atoms with Crippen LogP contribution in [0.3, 0.4) is 0 Å². The van der Waals surface area contributed by atoms with Crippen molar-refractivity contribution in [1.82, 2.24) is 5.32 Å². The third kappa shape index (κ3) is 3.58. The Hall–Kier alpha value is -0.0800. The highest BCUT2D eigenvalue weighted by Gasteiger charge is 2.30. The molecule has 14 heavy (non-hydrogen) atoms. The molecule has 0 aromatic rings. The molecule has 0 amide bonds. The largest absolute Gasteiger partial charge is 0.385 e. The Bertz CT molecular complexity index is 131. The minimum atomic E-state index is 0.546. The molecule has 84 valence electrons. The second-order valence-electron chi connectivity index (χ2n) is 4.58. The molecule has 0 unspecified atom stereocenters. The zero-order valence-electron chi connectivity index (χ0n) is 9.77. The second-order valence-corrected chi connectivity index (χ2v) is 4.58. The summed E-state index contributed by atoms with van der Waals surface area (Å²) in [5.74, 6) is 0. The van der Waals surface area contributed by atoms with E-state index in [-0.39, 0.29) is 0 Å². The number of ether oxygens (including phenoxy) is 1. The molecule has 0 aromatic heterocycles. The van der Waals surface area contributed by atoms with Crippen molar-refractivity contribution in [2.45, 2.75) is 45.4 Å². The van der Waals surface area contributed by atoms with Gasteiger partial charge in [-0.05, 0) is 31.2 Å². The number of nitrogens with one attached hydrogen (secondary N) is 1. The summed E-state index contributed by atoms with van der Waals surface area (Å²) >= 11 is 0. The minimum absolute atomic E-state index is 0.546. The molecule has 2 nitrogen and oxygen atoms in total. The van der Waals surface area contributed by atoms with E-state index in [9.17, 15) is 0 Å². The molecule has 1 fully saturated rings. The lowest BCUT2D eigenvalue weighted by Crippen LogP contribution is -2.37. The molecule has 0 spiro atoms. The van der Waals surface area contributed by atoms with Gasteiger partial charge in [-0.1, -0.05) is 26.2 Å². The molecule has 1 rings (SSSR count). The van der Waals surface area contributed by atoms with Crippen molar-refractivity contribution in [3.8, 4) is 0 Å². The summed E-state index contributed by atoms with van der Waals surface area (Å²) in [5, 5.41) is 3.51. The van der Waals surface area contributed by atoms with E-state index in [0.29, 0.717) is 5.41 Å². The maximum absolute atomic E-state index is 5.22. The van der Waals surface area contributed by atoms with Crippen LogP contribution in [0, 0.1) is 5.41 Å². The summed E-state index contributed by atoms with van der Waals surface area (Å²) in [6, 6.07) is 0. The predicted molar refractivity (Wildman–Crippen MR) is 60.6 cm³/mol. The summed E-state index contributed by atoms with van der Waals surface area (Å²) in [4.78, 5) is 0. The fourth-order valence-electron chi connectivity index (χ4n) is 2.53. The van der Waals surface area contributed by atoms with Crippen LogP contribution in [0.2, 0.25) is 0 Å². The van der Waals surface area contributed by atoms with Crippen LogP contribution in [0.4, 0.5) is 0 Å². The summed E-state index contributed by atoms with van der Waals surface area (Å²) in [5.41, 5.74) is 0.546. The van der Waals surface area contributed by atoms with E-state index in [2.05, 4.69) is 12.2 Å². The normalized spacial score (nSPS) is 21.0. The third-order valence-electron chi connectivity index (χ3n) is 3.50. The van der Waals surface area contributed by atoms with Crippen molar-refractivity contribution < 1.29 is 4.74 Å². The van der Waals surface area contributed by atoms with Crippen LogP contribution in [-0.4, -0.2) is 26.8 Å². The molecule has 0 heterocycles. The van der Waals surface area contributed by atoms with Gasteiger partial charge in [-0.3, -0.25) is 0 Å². The highest BCUT2D eigenvalue weighted by molar-refractivity contribution is 4.84. The lowest BCUT2D eigenvalue weighted by Gasteiger charge is -2.37. The van der Waals surface area contributed by atoms with Crippen LogP contribution >= 0.6 is 0 Å². The molecule has 2 heteroatoms. The Kier molecular flexibility index (Phi) is 5.49. The summed E-state index contributed by atoms with van der Waals surface area (Å²) in [6.07, 6.45) is 8.27. The van der Waals surface area contributed by atoms with E-state index in [0.717, 1.165) is 13.2 Å². The van der Waals surface area contributed by atoms with Gasteiger partial charge in [0, 0.05) is 20.3 Å². The molecule has 1 saturated carbocycles. The van der Waals surface area contributed by atoms with Gasteiger partial charge in [-0.15, -0.1) is 0 Å². The first-order valence-corrected chi connectivity index (χ1v) is 6.03. The summed E-state index contributed by atoms with van der Waals surface area (Å²) in [7, 11) is 1.81. The Labute approximate surface area is 88.4 Å². The van der Waals surface area contributed by atoms with Gasteiger partial charge in [-0.25, -0.2) is 0 Å². The highest BCUT2D eigenvalue weighted by atomic mass is 16.5. The fourth-order valence-corrected chi connectivity index (χ4v) is 2.53. The average Bonchev–Trinajstić information content (AvgIpc) is 2.25. The molecule has 0 aliphatic heterocycles. The van der Waals surface area contributed by atoms with Crippen molar-refractivity contribution in [2.75, 3.05) is 26.8 Å². The lowest BCUT2D eigenvalue weighted by atomic mass is 9.72. The molecule has 1 aliphatic carbocycles. The van der Waals surface area contributed by atoms with Crippen molar-refractivity contribution in [3.05, 3.63) is 0 Å². The van der Waals surface area contributed by atoms with E-state index in [1.807, 2.05) is 7.11 Å². The van der Waals surface area contributed by atoms with Crippen LogP contribution in [0.15, 0.2) is 0 Å². The van der Waals surface area contributed by atoms with Crippen LogP contribution in [0.25, 0.3) is 0 Å². The molecule has 1 aliphatic rings. The van der Waals surface area contributed by atoms with Crippen LogP contribution in [0.1, 0.15) is 45.4 Å². The second kappa shape index (κ2) is 6.41. The van der Waals surface area contributed by atoms with E-state index >= 15 is 0 Å². The Morgan fingerprint density at radius 2 is 1.93 bits per heavy atom. The average molecular weight is 199 g/mol. The van der Waals surface area contributed by atoms with Gasteiger partial charge in [0.2, 0.25) is 0 Å². The number of hydrogen-bond donors (Lipinski definition) is 1. The zero-order chi connectivity index (χ0) is 10.3. The van der Waals surface area contributed by atoms with E-state index in [1.165, 1.54) is 45.1 Å². The SMILES string of the molecule is CCNCC1(CCOC)CCCCC1. The van der Waals surface area contributed by atoms with E-state index in [1.54, 1.807) is 0 Å². The standard InChI is InChI=1S/C12H25NO/c1-3-13-11-12(9-10-14-2)7-5-4-6-8-12/h13H,3-11H2,1-2H3. The summed E-state index contributed by atoms with van der Waals surface area (Å²) in [6.45, 7) is 5.39. The maximum atomic E-state index is 5.22. The van der Waals surface area contributed by atoms with Crippen molar-refractivity contribution in [2.24, 2.45) is 5.41 Å². The molecule has 0 atom stereocenters. The minimum Gasteiger partial charge on any atom is -0.385 e. The summed E-state index contributed by atoms with van der Waals surface area (Å²) < 4.78 is 5.22. The van der Waals surface area contributed by atoms with Gasteiger partial charge in [-0.2, -0.15) is 0 Å². The van der Waals surface area contributed by atoms with Crippen LogP contribution < -0.4 is 5.32 Å². The van der Waals surface area contributed by atoms with Crippen LogP contribution in [0.5, 0.6) is 0 Å². The molecule has 0 aromatic carbocycles. The predicted octanol–water partition coefficient (Wildman–Crippen LogP) is 2.58. The van der Waals surface area contributed by atoms with Crippen molar-refractivity contribution in [1.29, 1.82) is 0 Å². The quantitative estimate of drug-likeness (QED) is 0.710. The maximum Gasteiger partial charge on any atom is 0.0468 e. The van der Waals surface area contributed by atoms with Gasteiger partial charge in [0.15, 0.2) is 0 Å². The van der Waals surface area contributed by atoms with Gasteiger partial charge in [0.05, 0.1) is 0 Å². The molecule has 0 bridgehead atoms. The monoisotopic (exact) mass is 199 g/mol. The first kappa shape index (κ1) is 12.0. The highest BCUT2D eigenvalue weighted by Crippen LogP contribution is 2.38. The molecule has 0 radical (unpaired) electrons. The first-order chi connectivity index (χ1) is 6.83. The van der Waals surface area contributed by atoms with Gasteiger partial charge >= 0.3 is 0 Å². The molecular formula is C12H25NO. The fraction of sp³-hybridized carbons (Fsp3) is 1.00. The van der Waals surface area contributed by atoms with Crippen molar-refractivity contribution in [3.63, 3.8) is 0 Å². The van der Waals surface area contributed by atoms with Crippen LogP contribution in [-0.2, 0) is 4.74 Å². The van der Waals surface area contributed by atoms with Crippen molar-refractivity contribution >= 4 is 0 Å². The number of hydrogen-bond acceptors (Lipinski definition) is 2. The zero-order valence-corrected chi connectivity index (χ0v) is 9.77. The van der Waals surface area contributed by atoms with Gasteiger partial charge < -0.3 is 10.1 Å². The van der Waals surface area contributed by atoms with Gasteiger partial charge in [0.1, 0.15) is 0 Å². The Morgan fingerprint density at radius 1 is 1.21 bits per heavy atom.